The fraction of sp³-hybridized carbons (Fsp3) is 0.429. The van der Waals surface area contributed by atoms with Gasteiger partial charge < -0.3 is 15.1 Å². The van der Waals surface area contributed by atoms with Gasteiger partial charge in [-0.2, -0.15) is 5.10 Å². The second-order valence-corrected chi connectivity index (χ2v) is 7.65. The van der Waals surface area contributed by atoms with Crippen molar-refractivity contribution in [3.8, 4) is 0 Å². The fourth-order valence-corrected chi connectivity index (χ4v) is 4.23. The number of benzene rings is 1. The van der Waals surface area contributed by atoms with Crippen LogP contribution in [0.2, 0.25) is 0 Å². The molecular weight excluding hydrogens is 370 g/mol. The molecule has 29 heavy (non-hydrogen) atoms. The predicted molar refractivity (Wildman–Crippen MR) is 107 cm³/mol. The predicted octanol–water partition coefficient (Wildman–Crippen LogP) is 1.30. The first-order valence-electron chi connectivity index (χ1n) is 9.85. The Hall–Kier alpha value is -3.16. The number of carbonyl (C=O) groups is 3. The van der Waals surface area contributed by atoms with E-state index in [0.29, 0.717) is 30.8 Å². The summed E-state index contributed by atoms with van der Waals surface area (Å²) in [7, 11) is 1.87. The number of nitrogens with zero attached hydrogens (tertiary/aromatic N) is 4. The van der Waals surface area contributed by atoms with Crippen molar-refractivity contribution in [1.29, 1.82) is 0 Å². The lowest BCUT2D eigenvalue weighted by molar-refractivity contribution is -0.125. The number of hydrogen-bond acceptors (Lipinski definition) is 4. The van der Waals surface area contributed by atoms with Crippen LogP contribution in [0.15, 0.2) is 24.3 Å². The number of amides is 3. The van der Waals surface area contributed by atoms with Crippen LogP contribution in [0, 0.1) is 13.8 Å². The summed E-state index contributed by atoms with van der Waals surface area (Å²) >= 11 is 0. The molecule has 1 fully saturated rings. The summed E-state index contributed by atoms with van der Waals surface area (Å²) in [6.45, 7) is 4.66. The van der Waals surface area contributed by atoms with Crippen LogP contribution in [0.25, 0.3) is 0 Å². The van der Waals surface area contributed by atoms with Gasteiger partial charge in [0, 0.05) is 31.4 Å². The molecule has 1 aromatic carbocycles. The standard InChI is InChI=1S/C21H25N5O3/c1-13-16(14(2)24(3)23-13)11-22-19(27)12-26-17-8-5-4-7-15(17)20(28)25-10-6-9-18(25)21(26)29/h4-5,7-8,18H,6,9-12H2,1-3H3,(H,22,27)/t18-/m0/s1. The lowest BCUT2D eigenvalue weighted by atomic mass is 10.1. The number of nitrogens with one attached hydrogen (secondary N) is 1. The summed E-state index contributed by atoms with van der Waals surface area (Å²) in [6, 6.07) is 6.52. The van der Waals surface area contributed by atoms with E-state index < -0.39 is 6.04 Å². The number of aromatic nitrogens is 2. The van der Waals surface area contributed by atoms with Crippen molar-refractivity contribution in [2.45, 2.75) is 39.3 Å². The van der Waals surface area contributed by atoms with Crippen LogP contribution in [0.4, 0.5) is 5.69 Å². The lowest BCUT2D eigenvalue weighted by Gasteiger charge is -2.25. The largest absolute Gasteiger partial charge is 0.350 e. The molecule has 2 aromatic rings. The maximum absolute atomic E-state index is 13.2. The monoisotopic (exact) mass is 395 g/mol. The molecule has 0 bridgehead atoms. The SMILES string of the molecule is Cc1nn(C)c(C)c1CNC(=O)CN1C(=O)[C@@H]2CCCN2C(=O)c2ccccc21. The van der Waals surface area contributed by atoms with Crippen LogP contribution in [-0.2, 0) is 23.2 Å². The summed E-state index contributed by atoms with van der Waals surface area (Å²) in [5.41, 5.74) is 3.80. The van der Waals surface area contributed by atoms with Crippen LogP contribution in [0.5, 0.6) is 0 Å². The third kappa shape index (κ3) is 3.28. The Morgan fingerprint density at radius 2 is 2.00 bits per heavy atom. The van der Waals surface area contributed by atoms with Crippen molar-refractivity contribution in [3.05, 3.63) is 46.8 Å². The summed E-state index contributed by atoms with van der Waals surface area (Å²) in [6.07, 6.45) is 1.43. The Labute approximate surface area is 169 Å². The maximum atomic E-state index is 13.2. The summed E-state index contributed by atoms with van der Waals surface area (Å²) in [5.74, 6) is -0.597. The van der Waals surface area contributed by atoms with Gasteiger partial charge >= 0.3 is 0 Å². The number of rotatable bonds is 4. The first-order chi connectivity index (χ1) is 13.9. The Morgan fingerprint density at radius 1 is 1.24 bits per heavy atom. The van der Waals surface area contributed by atoms with Gasteiger partial charge in [0.1, 0.15) is 12.6 Å². The van der Waals surface area contributed by atoms with Gasteiger partial charge in [-0.05, 0) is 38.8 Å². The molecule has 0 unspecified atom stereocenters. The van der Waals surface area contributed by atoms with Gasteiger partial charge in [0.2, 0.25) is 11.8 Å². The molecule has 8 heteroatoms. The number of carbonyl (C=O) groups excluding carboxylic acids is 3. The minimum atomic E-state index is -0.495. The van der Waals surface area contributed by atoms with E-state index in [1.165, 1.54) is 4.90 Å². The normalized spacial score (nSPS) is 18.5. The second kappa shape index (κ2) is 7.35. The first kappa shape index (κ1) is 19.2. The highest BCUT2D eigenvalue weighted by molar-refractivity contribution is 6.12. The summed E-state index contributed by atoms with van der Waals surface area (Å²) in [4.78, 5) is 41.9. The minimum absolute atomic E-state index is 0.119. The highest BCUT2D eigenvalue weighted by Gasteiger charge is 2.42. The number of para-hydroxylation sites is 1. The van der Waals surface area contributed by atoms with Crippen molar-refractivity contribution in [3.63, 3.8) is 0 Å². The number of anilines is 1. The number of aryl methyl sites for hydroxylation is 2. The van der Waals surface area contributed by atoms with Crippen molar-refractivity contribution >= 4 is 23.4 Å². The van der Waals surface area contributed by atoms with E-state index in [9.17, 15) is 14.4 Å². The Balaban J connectivity index is 1.56. The van der Waals surface area contributed by atoms with Gasteiger partial charge in [-0.25, -0.2) is 0 Å². The molecule has 2 aliphatic rings. The molecule has 2 aliphatic heterocycles. The zero-order chi connectivity index (χ0) is 20.7. The van der Waals surface area contributed by atoms with Gasteiger partial charge in [0.15, 0.2) is 0 Å². The molecule has 8 nitrogen and oxygen atoms in total. The molecule has 3 amide bonds. The zero-order valence-electron chi connectivity index (χ0n) is 16.9. The molecule has 3 heterocycles. The molecule has 1 N–H and O–H groups in total. The van der Waals surface area contributed by atoms with E-state index in [1.54, 1.807) is 33.8 Å². The van der Waals surface area contributed by atoms with E-state index in [-0.39, 0.29) is 24.3 Å². The van der Waals surface area contributed by atoms with Crippen LogP contribution in [-0.4, -0.2) is 51.5 Å². The van der Waals surface area contributed by atoms with Crippen LogP contribution < -0.4 is 10.2 Å². The Kier molecular flexibility index (Phi) is 4.86. The van der Waals surface area contributed by atoms with Gasteiger partial charge in [-0.15, -0.1) is 0 Å². The van der Waals surface area contributed by atoms with Gasteiger partial charge in [-0.1, -0.05) is 12.1 Å². The van der Waals surface area contributed by atoms with Gasteiger partial charge in [0.05, 0.1) is 16.9 Å². The van der Waals surface area contributed by atoms with Crippen molar-refractivity contribution in [2.24, 2.45) is 7.05 Å². The van der Waals surface area contributed by atoms with Gasteiger partial charge in [-0.3, -0.25) is 19.1 Å². The van der Waals surface area contributed by atoms with Crippen LogP contribution in [0.3, 0.4) is 0 Å². The van der Waals surface area contributed by atoms with Crippen molar-refractivity contribution in [2.75, 3.05) is 18.0 Å². The van der Waals surface area contributed by atoms with E-state index in [4.69, 9.17) is 0 Å². The molecule has 4 rings (SSSR count). The molecule has 0 radical (unpaired) electrons. The molecule has 1 aromatic heterocycles. The average Bonchev–Trinajstić information content (AvgIpc) is 3.27. The fourth-order valence-electron chi connectivity index (χ4n) is 4.23. The molecule has 1 saturated heterocycles. The smallest absolute Gasteiger partial charge is 0.256 e. The maximum Gasteiger partial charge on any atom is 0.256 e. The van der Waals surface area contributed by atoms with E-state index >= 15 is 0 Å². The molecular formula is C21H25N5O3. The van der Waals surface area contributed by atoms with E-state index in [2.05, 4.69) is 10.4 Å². The minimum Gasteiger partial charge on any atom is -0.350 e. The number of hydrogen-bond donors (Lipinski definition) is 1. The highest BCUT2D eigenvalue weighted by Crippen LogP contribution is 2.32. The quantitative estimate of drug-likeness (QED) is 0.845. The average molecular weight is 395 g/mol. The Morgan fingerprint density at radius 3 is 2.72 bits per heavy atom. The lowest BCUT2D eigenvalue weighted by Crippen LogP contribution is -2.48. The van der Waals surface area contributed by atoms with Crippen molar-refractivity contribution < 1.29 is 14.4 Å². The summed E-state index contributed by atoms with van der Waals surface area (Å²) < 4.78 is 1.78. The zero-order valence-corrected chi connectivity index (χ0v) is 16.9. The van der Waals surface area contributed by atoms with Crippen molar-refractivity contribution in [1.82, 2.24) is 20.0 Å². The van der Waals surface area contributed by atoms with E-state index in [1.807, 2.05) is 20.9 Å². The summed E-state index contributed by atoms with van der Waals surface area (Å²) in [5, 5.41) is 7.26. The third-order valence-electron chi connectivity index (χ3n) is 5.91. The van der Waals surface area contributed by atoms with Crippen LogP contribution >= 0.6 is 0 Å². The van der Waals surface area contributed by atoms with Gasteiger partial charge in [0.25, 0.3) is 5.91 Å². The molecule has 0 saturated carbocycles. The molecule has 0 aliphatic carbocycles. The topological polar surface area (TPSA) is 87.5 Å². The number of fused-ring (bicyclic) bond motifs is 2. The first-order valence-corrected chi connectivity index (χ1v) is 9.85. The molecule has 0 spiro atoms. The van der Waals surface area contributed by atoms with Crippen LogP contribution in [0.1, 0.15) is 40.2 Å². The Bertz CT molecular complexity index is 996. The third-order valence-corrected chi connectivity index (χ3v) is 5.91. The molecule has 1 atom stereocenters. The van der Waals surface area contributed by atoms with E-state index in [0.717, 1.165) is 23.4 Å². The second-order valence-electron chi connectivity index (χ2n) is 7.65. The highest BCUT2D eigenvalue weighted by atomic mass is 16.2. The molecule has 152 valence electrons.